The predicted octanol–water partition coefficient (Wildman–Crippen LogP) is 1.27. The van der Waals surface area contributed by atoms with Crippen LogP contribution in [0, 0.1) is 5.92 Å². The quantitative estimate of drug-likeness (QED) is 0.812. The Morgan fingerprint density at radius 3 is 2.84 bits per heavy atom. The Morgan fingerprint density at radius 2 is 2.21 bits per heavy atom. The third-order valence-corrected chi connectivity index (χ3v) is 3.14. The maximum absolute atomic E-state index is 11.6. The summed E-state index contributed by atoms with van der Waals surface area (Å²) in [5, 5.41) is 11.5. The second-order valence-electron chi connectivity index (χ2n) is 4.07. The van der Waals surface area contributed by atoms with Crippen molar-refractivity contribution in [1.82, 2.24) is 5.32 Å². The van der Waals surface area contributed by atoms with Gasteiger partial charge in [0.15, 0.2) is 4.67 Å². The molecule has 102 valence electrons. The number of amides is 1. The number of hydrogen-bond acceptors (Lipinski definition) is 4. The van der Waals surface area contributed by atoms with E-state index in [4.69, 9.17) is 14.3 Å². The fourth-order valence-electron chi connectivity index (χ4n) is 1.75. The van der Waals surface area contributed by atoms with Gasteiger partial charge in [-0.1, -0.05) is 0 Å². The van der Waals surface area contributed by atoms with Gasteiger partial charge in [-0.3, -0.25) is 9.59 Å². The molecule has 1 aromatic heterocycles. The third kappa shape index (κ3) is 3.68. The van der Waals surface area contributed by atoms with E-state index < -0.39 is 17.9 Å². The number of carboxylic acids is 1. The molecule has 6 nitrogen and oxygen atoms in total. The zero-order chi connectivity index (χ0) is 13.8. The number of hydrogen-bond donors (Lipinski definition) is 2. The summed E-state index contributed by atoms with van der Waals surface area (Å²) in [5.74, 6) is -1.52. The average molecular weight is 330 g/mol. The molecule has 1 amide bonds. The molecule has 2 atom stereocenters. The molecule has 2 heterocycles. The van der Waals surface area contributed by atoms with Crippen LogP contribution in [0.15, 0.2) is 27.3 Å². The van der Waals surface area contributed by atoms with Crippen molar-refractivity contribution in [3.05, 3.63) is 28.6 Å². The second kappa shape index (κ2) is 6.03. The highest BCUT2D eigenvalue weighted by molar-refractivity contribution is 9.10. The van der Waals surface area contributed by atoms with Crippen molar-refractivity contribution in [2.24, 2.45) is 5.92 Å². The Kier molecular flexibility index (Phi) is 4.39. The lowest BCUT2D eigenvalue weighted by atomic mass is 10.0. The topological polar surface area (TPSA) is 88.8 Å². The smallest absolute Gasteiger partial charge is 0.311 e. The van der Waals surface area contributed by atoms with Crippen molar-refractivity contribution >= 4 is 33.9 Å². The molecule has 2 N–H and O–H groups in total. The number of ether oxygens (including phenoxy) is 1. The molecule has 1 saturated heterocycles. The summed E-state index contributed by atoms with van der Waals surface area (Å²) in [6, 6.07) is 2.91. The van der Waals surface area contributed by atoms with Crippen LogP contribution in [0.4, 0.5) is 0 Å². The number of rotatable bonds is 4. The van der Waals surface area contributed by atoms with Gasteiger partial charge >= 0.3 is 5.97 Å². The minimum Gasteiger partial charge on any atom is -0.481 e. The third-order valence-electron chi connectivity index (χ3n) is 2.72. The summed E-state index contributed by atoms with van der Waals surface area (Å²) in [7, 11) is 0. The number of aliphatic carboxylic acids is 1. The van der Waals surface area contributed by atoms with Crippen molar-refractivity contribution in [2.75, 3.05) is 13.2 Å². The van der Waals surface area contributed by atoms with E-state index in [1.165, 1.54) is 12.2 Å². The van der Waals surface area contributed by atoms with Crippen LogP contribution in [0.5, 0.6) is 0 Å². The van der Waals surface area contributed by atoms with Crippen molar-refractivity contribution in [2.45, 2.75) is 6.04 Å². The van der Waals surface area contributed by atoms with Crippen LogP contribution in [-0.4, -0.2) is 36.2 Å². The largest absolute Gasteiger partial charge is 0.481 e. The maximum Gasteiger partial charge on any atom is 0.311 e. The van der Waals surface area contributed by atoms with E-state index in [0.29, 0.717) is 10.4 Å². The maximum atomic E-state index is 11.6. The Bertz CT molecular complexity index is 510. The lowest BCUT2D eigenvalue weighted by molar-refractivity contribution is -0.142. The van der Waals surface area contributed by atoms with Crippen LogP contribution in [-0.2, 0) is 14.3 Å². The molecule has 1 aliphatic heterocycles. The van der Waals surface area contributed by atoms with Gasteiger partial charge in [0, 0.05) is 6.08 Å². The van der Waals surface area contributed by atoms with Crippen LogP contribution in [0.2, 0.25) is 0 Å². The van der Waals surface area contributed by atoms with E-state index in [1.54, 1.807) is 12.1 Å². The molecule has 1 aliphatic rings. The Hall–Kier alpha value is -1.60. The van der Waals surface area contributed by atoms with Gasteiger partial charge in [-0.05, 0) is 34.1 Å². The molecule has 19 heavy (non-hydrogen) atoms. The van der Waals surface area contributed by atoms with Crippen LogP contribution in [0.1, 0.15) is 5.76 Å². The molecule has 0 radical (unpaired) electrons. The molecule has 2 rings (SSSR count). The first-order valence-corrected chi connectivity index (χ1v) is 6.40. The summed E-state index contributed by atoms with van der Waals surface area (Å²) in [6.07, 6.45) is 2.80. The van der Waals surface area contributed by atoms with Gasteiger partial charge in [-0.15, -0.1) is 0 Å². The highest BCUT2D eigenvalue weighted by atomic mass is 79.9. The van der Waals surface area contributed by atoms with Crippen LogP contribution < -0.4 is 5.32 Å². The van der Waals surface area contributed by atoms with E-state index in [9.17, 15) is 9.59 Å². The first-order chi connectivity index (χ1) is 9.06. The highest BCUT2D eigenvalue weighted by Crippen LogP contribution is 2.16. The van der Waals surface area contributed by atoms with Gasteiger partial charge in [-0.2, -0.15) is 0 Å². The molecule has 0 saturated carbocycles. The minimum absolute atomic E-state index is 0.120. The fraction of sp³-hybridized carbons (Fsp3) is 0.333. The SMILES string of the molecule is O=C(C=Cc1ccc(Br)o1)NC1COCC1C(=O)O. The van der Waals surface area contributed by atoms with Gasteiger partial charge in [0.2, 0.25) is 5.91 Å². The van der Waals surface area contributed by atoms with E-state index >= 15 is 0 Å². The minimum atomic E-state index is -0.971. The summed E-state index contributed by atoms with van der Waals surface area (Å²) >= 11 is 3.15. The number of halogens is 1. The number of carbonyl (C=O) groups is 2. The van der Waals surface area contributed by atoms with Gasteiger partial charge in [-0.25, -0.2) is 0 Å². The summed E-state index contributed by atoms with van der Waals surface area (Å²) < 4.78 is 10.8. The number of nitrogens with one attached hydrogen (secondary N) is 1. The molecule has 1 fully saturated rings. The van der Waals surface area contributed by atoms with Crippen molar-refractivity contribution in [3.63, 3.8) is 0 Å². The van der Waals surface area contributed by atoms with E-state index in [-0.39, 0.29) is 19.1 Å². The molecule has 0 bridgehead atoms. The number of furan rings is 1. The number of carboxylic acid groups (broad SMARTS) is 1. The molecular formula is C12H12BrNO5. The average Bonchev–Trinajstić information content (AvgIpc) is 2.95. The lowest BCUT2D eigenvalue weighted by Gasteiger charge is -2.13. The van der Waals surface area contributed by atoms with Crippen LogP contribution >= 0.6 is 15.9 Å². The van der Waals surface area contributed by atoms with Crippen molar-refractivity contribution in [3.8, 4) is 0 Å². The summed E-state index contributed by atoms with van der Waals surface area (Å²) in [6.45, 7) is 0.331. The zero-order valence-corrected chi connectivity index (χ0v) is 11.4. The number of carbonyl (C=O) groups excluding carboxylic acids is 1. The normalized spacial score (nSPS) is 22.8. The van der Waals surface area contributed by atoms with Gasteiger partial charge in [0.25, 0.3) is 0 Å². The molecule has 0 aromatic carbocycles. The Morgan fingerprint density at radius 1 is 1.42 bits per heavy atom. The summed E-state index contributed by atoms with van der Waals surface area (Å²) in [4.78, 5) is 22.6. The highest BCUT2D eigenvalue weighted by Gasteiger charge is 2.34. The molecular weight excluding hydrogens is 318 g/mol. The molecule has 2 unspecified atom stereocenters. The first kappa shape index (κ1) is 13.8. The molecule has 1 aromatic rings. The molecule has 0 spiro atoms. The van der Waals surface area contributed by atoms with Crippen LogP contribution in [0.25, 0.3) is 6.08 Å². The van der Waals surface area contributed by atoms with E-state index in [2.05, 4.69) is 21.2 Å². The first-order valence-electron chi connectivity index (χ1n) is 5.60. The second-order valence-corrected chi connectivity index (χ2v) is 4.85. The van der Waals surface area contributed by atoms with Gasteiger partial charge in [0.05, 0.1) is 19.3 Å². The van der Waals surface area contributed by atoms with Crippen LogP contribution in [0.3, 0.4) is 0 Å². The standard InChI is InChI=1S/C12H12BrNO5/c13-10-3-1-7(19-10)2-4-11(15)14-9-6-18-5-8(9)12(16)17/h1-4,8-9H,5-6H2,(H,14,15)(H,16,17). The van der Waals surface area contributed by atoms with E-state index in [0.717, 1.165) is 0 Å². The zero-order valence-electron chi connectivity index (χ0n) is 9.84. The Balaban J connectivity index is 1.90. The van der Waals surface area contributed by atoms with Crippen molar-refractivity contribution < 1.29 is 23.8 Å². The summed E-state index contributed by atoms with van der Waals surface area (Å²) in [5.41, 5.74) is 0. The molecule has 0 aliphatic carbocycles. The van der Waals surface area contributed by atoms with Crippen molar-refractivity contribution in [1.29, 1.82) is 0 Å². The Labute approximate surface area is 117 Å². The lowest BCUT2D eigenvalue weighted by Crippen LogP contribution is -2.41. The predicted molar refractivity (Wildman–Crippen MR) is 69.3 cm³/mol. The van der Waals surface area contributed by atoms with Gasteiger partial charge in [0.1, 0.15) is 11.7 Å². The molecule has 7 heteroatoms. The van der Waals surface area contributed by atoms with E-state index in [1.807, 2.05) is 0 Å². The monoisotopic (exact) mass is 329 g/mol. The fourth-order valence-corrected chi connectivity index (χ4v) is 2.07. The van der Waals surface area contributed by atoms with Gasteiger partial charge < -0.3 is 19.6 Å².